The number of benzene rings is 1. The van der Waals surface area contributed by atoms with Gasteiger partial charge < -0.3 is 0 Å². The predicted octanol–water partition coefficient (Wildman–Crippen LogP) is 5.46. The summed E-state index contributed by atoms with van der Waals surface area (Å²) in [4.78, 5) is 0. The first kappa shape index (κ1) is 25.8. The molecule has 0 spiro atoms. The van der Waals surface area contributed by atoms with E-state index in [0.717, 1.165) is 6.42 Å². The number of allylic oxidation sites excluding steroid dienone is 4. The maximum Gasteiger partial charge on any atom is 0 e. The van der Waals surface area contributed by atoms with Crippen LogP contribution in [0.5, 0.6) is 0 Å². The molecule has 0 N–H and O–H groups in total. The van der Waals surface area contributed by atoms with E-state index >= 15 is 0 Å². The molecule has 0 aromatic heterocycles. The van der Waals surface area contributed by atoms with Crippen molar-refractivity contribution in [2.24, 2.45) is 0 Å². The molecule has 0 radical (unpaired) electrons. The molecule has 0 amide bonds. The molecule has 5 heteroatoms. The van der Waals surface area contributed by atoms with Crippen LogP contribution in [0, 0.1) is 6.08 Å². The van der Waals surface area contributed by atoms with Crippen molar-refractivity contribution in [3.8, 4) is 0 Å². The van der Waals surface area contributed by atoms with E-state index in [0.29, 0.717) is 5.92 Å². The summed E-state index contributed by atoms with van der Waals surface area (Å²) in [5.41, 5.74) is 2.83. The number of rotatable bonds is 4. The smallest absolute Gasteiger partial charge is 0 e. The van der Waals surface area contributed by atoms with Crippen molar-refractivity contribution >= 4 is 45.1 Å². The van der Waals surface area contributed by atoms with Crippen LogP contribution in [0.3, 0.4) is 0 Å². The van der Waals surface area contributed by atoms with Gasteiger partial charge in [0, 0.05) is 25.8 Å². The molecule has 1 aromatic carbocycles. The van der Waals surface area contributed by atoms with Crippen LogP contribution in [-0.2, 0) is 25.8 Å². The van der Waals surface area contributed by atoms with Crippen LogP contribution in [-0.4, -0.2) is 19.5 Å². The van der Waals surface area contributed by atoms with Gasteiger partial charge >= 0.3 is 0 Å². The predicted molar refractivity (Wildman–Crippen MR) is 95.1 cm³/mol. The molecule has 1 aliphatic rings. The molecule has 0 bridgehead atoms. The van der Waals surface area contributed by atoms with Gasteiger partial charge in [-0.3, -0.25) is 6.08 Å². The third-order valence-corrected chi connectivity index (χ3v) is 3.94. The maximum atomic E-state index is 3.48. The summed E-state index contributed by atoms with van der Waals surface area (Å²) in [6.07, 6.45) is 10.2. The minimum Gasteiger partial charge on any atom is -0.269 e. The van der Waals surface area contributed by atoms with Crippen molar-refractivity contribution in [2.75, 3.05) is 19.5 Å². The van der Waals surface area contributed by atoms with Crippen molar-refractivity contribution < 1.29 is 25.8 Å². The van der Waals surface area contributed by atoms with Crippen molar-refractivity contribution in [1.82, 2.24) is 0 Å². The number of halogens is 3. The van der Waals surface area contributed by atoms with Gasteiger partial charge in [-0.25, -0.2) is 11.6 Å². The summed E-state index contributed by atoms with van der Waals surface area (Å²) < 4.78 is 0. The molecule has 2 rings (SSSR count). The Labute approximate surface area is 161 Å². The molecule has 1 aliphatic carbocycles. The van der Waals surface area contributed by atoms with Gasteiger partial charge in [-0.15, -0.1) is 51.6 Å². The Balaban J connectivity index is -0.000000722. The Bertz CT molecular complexity index is 405. The van der Waals surface area contributed by atoms with Gasteiger partial charge in [0.15, 0.2) is 0 Å². The van der Waals surface area contributed by atoms with Crippen LogP contribution in [0.15, 0.2) is 48.1 Å². The molecule has 0 saturated heterocycles. The van der Waals surface area contributed by atoms with E-state index in [1.807, 2.05) is 0 Å². The molecular weight excluding hydrogens is 496 g/mol. The molecule has 1 atom stereocenters. The van der Waals surface area contributed by atoms with Crippen molar-refractivity contribution in [1.29, 1.82) is 0 Å². The monoisotopic (exact) mass is 517 g/mol. The van der Waals surface area contributed by atoms with E-state index in [-0.39, 0.29) is 71.0 Å². The van der Waals surface area contributed by atoms with E-state index < -0.39 is 0 Å². The van der Waals surface area contributed by atoms with Crippen LogP contribution in [0.25, 0.3) is 0 Å². The fourth-order valence-electron chi connectivity index (χ4n) is 2.09. The summed E-state index contributed by atoms with van der Waals surface area (Å²) in [6.45, 7) is 4.70. The SMILES string of the molecule is CP(C)CC(C1=[C-]CC=C1)c1ccccc1.Cl.Cl.Cl.[Hf]. The van der Waals surface area contributed by atoms with Gasteiger partial charge in [0.25, 0.3) is 0 Å². The zero-order chi connectivity index (χ0) is 11.4. The van der Waals surface area contributed by atoms with Crippen LogP contribution in [0.4, 0.5) is 0 Å². The Morgan fingerprint density at radius 2 is 1.70 bits per heavy atom. The molecule has 0 heterocycles. The summed E-state index contributed by atoms with van der Waals surface area (Å²) in [6, 6.07) is 10.8. The second-order valence-electron chi connectivity index (χ2n) is 4.46. The maximum absolute atomic E-state index is 3.48. The average molecular weight is 517 g/mol. The average Bonchev–Trinajstić information content (AvgIpc) is 2.80. The van der Waals surface area contributed by atoms with Crippen LogP contribution >= 0.6 is 45.1 Å². The molecule has 112 valence electrons. The third-order valence-electron chi connectivity index (χ3n) is 2.85. The van der Waals surface area contributed by atoms with Gasteiger partial charge in [-0.1, -0.05) is 30.3 Å². The number of hydrogen-bond acceptors (Lipinski definition) is 0. The largest absolute Gasteiger partial charge is 0.269 e. The van der Waals surface area contributed by atoms with Crippen molar-refractivity contribution in [3.05, 3.63) is 59.7 Å². The Morgan fingerprint density at radius 3 is 2.15 bits per heavy atom. The first-order chi connectivity index (χ1) is 7.77. The summed E-state index contributed by atoms with van der Waals surface area (Å²) in [5.74, 6) is 0.557. The standard InChI is InChI=1S/C15H18P.3ClH.Hf/c1-16(2)12-15(14-10-6-7-11-14)13-8-4-3-5-9-13;;;;/h3-6,8-10,15H,7,12H2,1-2H3;3*1H;/q-1;;;;. The molecule has 1 unspecified atom stereocenters. The fraction of sp³-hybridized carbons (Fsp3) is 0.333. The Morgan fingerprint density at radius 1 is 1.10 bits per heavy atom. The molecular formula is C15H21Cl3HfP-. The second-order valence-corrected chi connectivity index (χ2v) is 6.99. The van der Waals surface area contributed by atoms with Crippen molar-refractivity contribution in [2.45, 2.75) is 12.3 Å². The van der Waals surface area contributed by atoms with E-state index in [1.54, 1.807) is 0 Å². The summed E-state index contributed by atoms with van der Waals surface area (Å²) >= 11 is 0. The van der Waals surface area contributed by atoms with Crippen LogP contribution < -0.4 is 0 Å². The first-order valence-electron chi connectivity index (χ1n) is 5.74. The zero-order valence-corrected chi connectivity index (χ0v) is 18.6. The second kappa shape index (κ2) is 13.5. The zero-order valence-electron chi connectivity index (χ0n) is 11.7. The minimum atomic E-state index is 0. The van der Waals surface area contributed by atoms with Crippen LogP contribution in [0.2, 0.25) is 0 Å². The summed E-state index contributed by atoms with van der Waals surface area (Å²) in [7, 11) is 0.126. The molecule has 20 heavy (non-hydrogen) atoms. The van der Waals surface area contributed by atoms with E-state index in [2.05, 4.69) is 61.9 Å². The Hall–Kier alpha value is 0.870. The molecule has 0 saturated carbocycles. The molecule has 0 fully saturated rings. The fourth-order valence-corrected chi connectivity index (χ4v) is 3.23. The minimum absolute atomic E-state index is 0. The molecule has 1 aromatic rings. The Kier molecular flexibility index (Phi) is 17.5. The van der Waals surface area contributed by atoms with E-state index in [4.69, 9.17) is 0 Å². The van der Waals surface area contributed by atoms with E-state index in [9.17, 15) is 0 Å². The van der Waals surface area contributed by atoms with Gasteiger partial charge in [-0.2, -0.15) is 6.08 Å². The quantitative estimate of drug-likeness (QED) is 0.283. The van der Waals surface area contributed by atoms with Gasteiger partial charge in [0.2, 0.25) is 0 Å². The molecule has 0 nitrogen and oxygen atoms in total. The molecule has 0 aliphatic heterocycles. The first-order valence-corrected chi connectivity index (χ1v) is 8.16. The van der Waals surface area contributed by atoms with E-state index in [1.165, 1.54) is 17.3 Å². The van der Waals surface area contributed by atoms with Gasteiger partial charge in [-0.05, 0) is 31.0 Å². The van der Waals surface area contributed by atoms with Crippen molar-refractivity contribution in [3.63, 3.8) is 0 Å². The normalized spacial score (nSPS) is 13.2. The third kappa shape index (κ3) is 7.76. The summed E-state index contributed by atoms with van der Waals surface area (Å²) in [5, 5.41) is 0. The van der Waals surface area contributed by atoms with Crippen LogP contribution in [0.1, 0.15) is 17.9 Å². The van der Waals surface area contributed by atoms with Gasteiger partial charge in [0.05, 0.1) is 0 Å². The number of hydrogen-bond donors (Lipinski definition) is 0. The van der Waals surface area contributed by atoms with Gasteiger partial charge in [0.1, 0.15) is 0 Å². The topological polar surface area (TPSA) is 0 Å².